The number of carbonyl (C=O) groups is 2. The first-order chi connectivity index (χ1) is 13.5. The van der Waals surface area contributed by atoms with E-state index in [4.69, 9.17) is 0 Å². The van der Waals surface area contributed by atoms with Crippen molar-refractivity contribution >= 4 is 55.5 Å². The van der Waals surface area contributed by atoms with Crippen molar-refractivity contribution in [2.45, 2.75) is 0 Å². The average Bonchev–Trinajstić information content (AvgIpc) is 3.35. The number of benzene rings is 1. The van der Waals surface area contributed by atoms with Crippen LogP contribution in [-0.2, 0) is 4.79 Å². The lowest BCUT2D eigenvalue weighted by atomic mass is 10.2. The summed E-state index contributed by atoms with van der Waals surface area (Å²) in [6.07, 6.45) is 1.65. The van der Waals surface area contributed by atoms with Crippen molar-refractivity contribution in [3.05, 3.63) is 69.2 Å². The number of thiazole rings is 1. The Hall–Kier alpha value is -2.29. The number of hydrogen-bond acceptors (Lipinski definition) is 5. The molecule has 0 atom stereocenters. The monoisotopic (exact) mass is 475 g/mol. The van der Waals surface area contributed by atoms with E-state index in [0.717, 1.165) is 15.0 Å². The second kappa shape index (κ2) is 9.27. The molecule has 0 spiro atoms. The van der Waals surface area contributed by atoms with Crippen LogP contribution in [-0.4, -0.2) is 41.8 Å². The summed E-state index contributed by atoms with van der Waals surface area (Å²) in [6.45, 7) is 4.02. The Balaban J connectivity index is 1.74. The second-order valence-electron chi connectivity index (χ2n) is 5.94. The lowest BCUT2D eigenvalue weighted by Crippen LogP contribution is -2.41. The molecule has 3 rings (SSSR count). The third-order valence-electron chi connectivity index (χ3n) is 3.91. The molecule has 2 amide bonds. The van der Waals surface area contributed by atoms with Crippen molar-refractivity contribution < 1.29 is 9.59 Å². The van der Waals surface area contributed by atoms with Gasteiger partial charge >= 0.3 is 0 Å². The number of amides is 2. The molecule has 144 valence electrons. The lowest BCUT2D eigenvalue weighted by molar-refractivity contribution is -0.119. The quantitative estimate of drug-likeness (QED) is 0.455. The van der Waals surface area contributed by atoms with Gasteiger partial charge in [0.2, 0.25) is 5.91 Å². The highest BCUT2D eigenvalue weighted by Gasteiger charge is 2.23. The highest BCUT2D eigenvalue weighted by Crippen LogP contribution is 2.28. The Morgan fingerprint density at radius 1 is 1.21 bits per heavy atom. The minimum Gasteiger partial charge on any atom is -0.332 e. The minimum absolute atomic E-state index is 0.0392. The van der Waals surface area contributed by atoms with Gasteiger partial charge in [-0.15, -0.1) is 29.3 Å². The van der Waals surface area contributed by atoms with Crippen LogP contribution in [0.2, 0.25) is 0 Å². The highest BCUT2D eigenvalue weighted by molar-refractivity contribution is 9.11. The molecule has 0 fully saturated rings. The molecular formula is C20H18BrN3O2S2. The summed E-state index contributed by atoms with van der Waals surface area (Å²) < 4.78 is 0.875. The van der Waals surface area contributed by atoms with Crippen molar-refractivity contribution in [3.8, 4) is 11.3 Å². The Labute approximate surface area is 180 Å². The summed E-state index contributed by atoms with van der Waals surface area (Å²) in [5.74, 6) is -0.396. The van der Waals surface area contributed by atoms with Crippen LogP contribution in [0.3, 0.4) is 0 Å². The maximum atomic E-state index is 12.9. The molecular weight excluding hydrogens is 458 g/mol. The van der Waals surface area contributed by atoms with Crippen LogP contribution in [0.15, 0.2) is 64.3 Å². The zero-order valence-electron chi connectivity index (χ0n) is 15.2. The number of likely N-dealkylation sites (N-methyl/N-ethyl adjacent to an activating group) is 1. The van der Waals surface area contributed by atoms with Gasteiger partial charge in [0, 0.05) is 24.5 Å². The zero-order valence-corrected chi connectivity index (χ0v) is 18.4. The van der Waals surface area contributed by atoms with Crippen LogP contribution < -0.4 is 4.90 Å². The number of rotatable bonds is 7. The minimum atomic E-state index is -0.208. The van der Waals surface area contributed by atoms with Crippen molar-refractivity contribution in [1.82, 2.24) is 9.88 Å². The van der Waals surface area contributed by atoms with Gasteiger partial charge in [0.05, 0.1) is 14.4 Å². The molecule has 0 bridgehead atoms. The SMILES string of the molecule is C=CCN(C(=O)CN(C)C(=O)c1ccc(Br)s1)c1nc(-c2ccccc2)cs1. The Kier molecular flexibility index (Phi) is 6.77. The molecule has 28 heavy (non-hydrogen) atoms. The van der Waals surface area contributed by atoms with Gasteiger partial charge in [-0.05, 0) is 28.1 Å². The number of aromatic nitrogens is 1. The molecule has 3 aromatic rings. The molecule has 0 saturated heterocycles. The third kappa shape index (κ3) is 4.76. The van der Waals surface area contributed by atoms with Crippen LogP contribution >= 0.6 is 38.6 Å². The fourth-order valence-electron chi connectivity index (χ4n) is 2.52. The topological polar surface area (TPSA) is 53.5 Å². The number of carbonyl (C=O) groups excluding carboxylic acids is 2. The van der Waals surface area contributed by atoms with E-state index in [-0.39, 0.29) is 18.4 Å². The summed E-state index contributed by atoms with van der Waals surface area (Å²) in [5.41, 5.74) is 1.81. The Morgan fingerprint density at radius 3 is 2.61 bits per heavy atom. The maximum absolute atomic E-state index is 12.9. The van der Waals surface area contributed by atoms with Crippen molar-refractivity contribution in [3.63, 3.8) is 0 Å². The standard InChI is InChI=1S/C20H18BrN3O2S2/c1-3-11-24(20-22-15(13-27-20)14-7-5-4-6-8-14)18(25)12-23(2)19(26)16-9-10-17(21)28-16/h3-10,13H,1,11-12H2,2H3. The van der Waals surface area contributed by atoms with Gasteiger partial charge in [0.25, 0.3) is 5.91 Å². The van der Waals surface area contributed by atoms with E-state index in [9.17, 15) is 9.59 Å². The van der Waals surface area contributed by atoms with Crippen molar-refractivity contribution in [1.29, 1.82) is 0 Å². The van der Waals surface area contributed by atoms with Gasteiger partial charge in [0.1, 0.15) is 6.54 Å². The molecule has 0 unspecified atom stereocenters. The van der Waals surface area contributed by atoms with E-state index in [1.54, 1.807) is 24.1 Å². The normalized spacial score (nSPS) is 10.5. The smallest absolute Gasteiger partial charge is 0.264 e. The molecule has 2 heterocycles. The van der Waals surface area contributed by atoms with E-state index in [2.05, 4.69) is 27.5 Å². The van der Waals surface area contributed by atoms with Crippen LogP contribution in [0.5, 0.6) is 0 Å². The number of halogens is 1. The molecule has 0 aliphatic carbocycles. The first-order valence-corrected chi connectivity index (χ1v) is 10.9. The number of thiophene rings is 1. The van der Waals surface area contributed by atoms with E-state index < -0.39 is 0 Å². The van der Waals surface area contributed by atoms with Gasteiger partial charge in [-0.1, -0.05) is 36.4 Å². The van der Waals surface area contributed by atoms with Crippen LogP contribution in [0.25, 0.3) is 11.3 Å². The van der Waals surface area contributed by atoms with Crippen LogP contribution in [0.1, 0.15) is 9.67 Å². The highest BCUT2D eigenvalue weighted by atomic mass is 79.9. The van der Waals surface area contributed by atoms with Gasteiger partial charge in [0.15, 0.2) is 5.13 Å². The summed E-state index contributed by atoms with van der Waals surface area (Å²) in [4.78, 5) is 33.5. The van der Waals surface area contributed by atoms with Crippen LogP contribution in [0, 0.1) is 0 Å². The summed E-state index contributed by atoms with van der Waals surface area (Å²) >= 11 is 6.09. The first-order valence-electron chi connectivity index (χ1n) is 8.42. The summed E-state index contributed by atoms with van der Waals surface area (Å²) in [7, 11) is 1.62. The van der Waals surface area contributed by atoms with E-state index >= 15 is 0 Å². The second-order valence-corrected chi connectivity index (χ2v) is 9.24. The number of nitrogens with zero attached hydrogens (tertiary/aromatic N) is 3. The van der Waals surface area contributed by atoms with Gasteiger partial charge < -0.3 is 4.90 Å². The molecule has 2 aromatic heterocycles. The Morgan fingerprint density at radius 2 is 1.96 bits per heavy atom. The summed E-state index contributed by atoms with van der Waals surface area (Å²) in [5, 5.41) is 2.51. The third-order valence-corrected chi connectivity index (χ3v) is 6.38. The molecule has 0 radical (unpaired) electrons. The van der Waals surface area contributed by atoms with E-state index in [0.29, 0.717) is 16.6 Å². The van der Waals surface area contributed by atoms with E-state index in [1.807, 2.05) is 41.8 Å². The average molecular weight is 476 g/mol. The molecule has 0 aliphatic rings. The lowest BCUT2D eigenvalue weighted by Gasteiger charge is -2.22. The number of hydrogen-bond donors (Lipinski definition) is 0. The van der Waals surface area contributed by atoms with Crippen LogP contribution in [0.4, 0.5) is 5.13 Å². The molecule has 0 N–H and O–H groups in total. The first kappa shape index (κ1) is 20.4. The summed E-state index contributed by atoms with van der Waals surface area (Å²) in [6, 6.07) is 13.4. The largest absolute Gasteiger partial charge is 0.332 e. The fraction of sp³-hybridized carbons (Fsp3) is 0.150. The molecule has 0 saturated carbocycles. The predicted molar refractivity (Wildman–Crippen MR) is 119 cm³/mol. The van der Waals surface area contributed by atoms with Gasteiger partial charge in [-0.25, -0.2) is 4.98 Å². The van der Waals surface area contributed by atoms with Gasteiger partial charge in [-0.3, -0.25) is 14.5 Å². The van der Waals surface area contributed by atoms with E-state index in [1.165, 1.54) is 27.6 Å². The van der Waals surface area contributed by atoms with Gasteiger partial charge in [-0.2, -0.15) is 0 Å². The molecule has 0 aliphatic heterocycles. The predicted octanol–water partition coefficient (Wildman–Crippen LogP) is 4.93. The fourth-order valence-corrected chi connectivity index (χ4v) is 4.76. The molecule has 5 nitrogen and oxygen atoms in total. The maximum Gasteiger partial charge on any atom is 0.264 e. The number of anilines is 1. The molecule has 8 heteroatoms. The van der Waals surface area contributed by atoms with Crippen molar-refractivity contribution in [2.75, 3.05) is 25.0 Å². The Bertz CT molecular complexity index is 984. The van der Waals surface area contributed by atoms with Crippen molar-refractivity contribution in [2.24, 2.45) is 0 Å². The molecule has 1 aromatic carbocycles. The zero-order chi connectivity index (χ0) is 20.1.